The summed E-state index contributed by atoms with van der Waals surface area (Å²) in [4.78, 5) is 1.36. The van der Waals surface area contributed by atoms with Gasteiger partial charge in [-0.1, -0.05) is 11.6 Å². The molecule has 0 aliphatic heterocycles. The van der Waals surface area contributed by atoms with Crippen LogP contribution in [0.1, 0.15) is 11.3 Å². The van der Waals surface area contributed by atoms with E-state index in [0.29, 0.717) is 0 Å². The minimum absolute atomic E-state index is 0.860. The van der Waals surface area contributed by atoms with Crippen LogP contribution in [0.4, 0.5) is 0 Å². The van der Waals surface area contributed by atoms with Gasteiger partial charge in [0, 0.05) is 10.3 Å². The number of halogens is 1. The fourth-order valence-corrected chi connectivity index (χ4v) is 2.02. The summed E-state index contributed by atoms with van der Waals surface area (Å²) in [6, 6.07) is 2.02. The van der Waals surface area contributed by atoms with Crippen LogP contribution in [0.15, 0.2) is 11.4 Å². The molecule has 10 heavy (non-hydrogen) atoms. The molecule has 0 spiro atoms. The molecule has 1 aromatic heterocycles. The number of thiophene rings is 1. The highest BCUT2D eigenvalue weighted by molar-refractivity contribution is 7.80. The average molecular weight is 193 g/mol. The molecule has 1 aromatic rings. The fraction of sp³-hybridized carbons (Fsp3) is 0.429. The Kier molecular flexibility index (Phi) is 3.60. The third-order valence-corrected chi connectivity index (χ3v) is 2.86. The van der Waals surface area contributed by atoms with E-state index in [9.17, 15) is 0 Å². The minimum atomic E-state index is 0.860. The summed E-state index contributed by atoms with van der Waals surface area (Å²) in [5.74, 6) is 0.954. The SMILES string of the molecule is SCCCc1cc(Cl)cs1. The van der Waals surface area contributed by atoms with E-state index in [1.54, 1.807) is 11.3 Å². The minimum Gasteiger partial charge on any atom is -0.179 e. The van der Waals surface area contributed by atoms with Crippen molar-refractivity contribution in [3.8, 4) is 0 Å². The van der Waals surface area contributed by atoms with E-state index >= 15 is 0 Å². The van der Waals surface area contributed by atoms with Crippen molar-refractivity contribution in [3.05, 3.63) is 21.3 Å². The van der Waals surface area contributed by atoms with Gasteiger partial charge >= 0.3 is 0 Å². The van der Waals surface area contributed by atoms with Crippen LogP contribution in [0.5, 0.6) is 0 Å². The monoisotopic (exact) mass is 192 g/mol. The fourth-order valence-electron chi connectivity index (χ4n) is 0.738. The molecule has 3 heteroatoms. The lowest BCUT2D eigenvalue weighted by Crippen LogP contribution is -1.79. The molecule has 0 aromatic carbocycles. The zero-order chi connectivity index (χ0) is 7.40. The molecule has 0 radical (unpaired) electrons. The highest BCUT2D eigenvalue weighted by Crippen LogP contribution is 2.20. The first-order valence-electron chi connectivity index (χ1n) is 3.16. The standard InChI is InChI=1S/C7H9ClS2/c8-6-4-7(10-5-6)2-1-3-9/h4-5,9H,1-3H2. The molecule has 0 saturated heterocycles. The summed E-state index contributed by atoms with van der Waals surface area (Å²) in [7, 11) is 0. The van der Waals surface area contributed by atoms with Gasteiger partial charge in [0.15, 0.2) is 0 Å². The highest BCUT2D eigenvalue weighted by Gasteiger charge is 1.95. The lowest BCUT2D eigenvalue weighted by Gasteiger charge is -1.90. The van der Waals surface area contributed by atoms with Gasteiger partial charge in [-0.2, -0.15) is 12.6 Å². The molecule has 0 aliphatic carbocycles. The Morgan fingerprint density at radius 1 is 1.60 bits per heavy atom. The number of thiol groups is 1. The van der Waals surface area contributed by atoms with Gasteiger partial charge in [0.2, 0.25) is 0 Å². The Morgan fingerprint density at radius 3 is 2.90 bits per heavy atom. The molecule has 0 N–H and O–H groups in total. The summed E-state index contributed by atoms with van der Waals surface area (Å²) < 4.78 is 0. The second-order valence-corrected chi connectivity index (χ2v) is 3.94. The first-order chi connectivity index (χ1) is 4.83. The lowest BCUT2D eigenvalue weighted by molar-refractivity contribution is 0.955. The Labute approximate surface area is 75.6 Å². The highest BCUT2D eigenvalue weighted by atomic mass is 35.5. The maximum Gasteiger partial charge on any atom is 0.0515 e. The van der Waals surface area contributed by atoms with Crippen LogP contribution >= 0.6 is 35.6 Å². The molecule has 1 heterocycles. The largest absolute Gasteiger partial charge is 0.179 e. The van der Waals surface area contributed by atoms with Gasteiger partial charge in [-0.05, 0) is 24.7 Å². The van der Waals surface area contributed by atoms with Crippen molar-refractivity contribution in [2.75, 3.05) is 5.75 Å². The molecule has 0 fully saturated rings. The normalized spacial score (nSPS) is 10.2. The summed E-state index contributed by atoms with van der Waals surface area (Å²) in [6.45, 7) is 0. The van der Waals surface area contributed by atoms with Crippen LogP contribution in [-0.4, -0.2) is 5.75 Å². The van der Waals surface area contributed by atoms with E-state index in [1.165, 1.54) is 4.88 Å². The van der Waals surface area contributed by atoms with Gasteiger partial charge in [-0.25, -0.2) is 0 Å². The second-order valence-electron chi connectivity index (χ2n) is 2.06. The second kappa shape index (κ2) is 4.27. The molecular weight excluding hydrogens is 184 g/mol. The topological polar surface area (TPSA) is 0 Å². The van der Waals surface area contributed by atoms with Crippen LogP contribution < -0.4 is 0 Å². The maximum atomic E-state index is 5.73. The summed E-state index contributed by atoms with van der Waals surface area (Å²) >= 11 is 11.6. The Balaban J connectivity index is 2.42. The zero-order valence-electron chi connectivity index (χ0n) is 5.51. The number of hydrogen-bond acceptors (Lipinski definition) is 2. The van der Waals surface area contributed by atoms with E-state index in [2.05, 4.69) is 12.6 Å². The van der Waals surface area contributed by atoms with Crippen molar-refractivity contribution in [1.29, 1.82) is 0 Å². The maximum absolute atomic E-state index is 5.73. The van der Waals surface area contributed by atoms with Crippen LogP contribution in [0.2, 0.25) is 5.02 Å². The molecule has 0 atom stereocenters. The van der Waals surface area contributed by atoms with Gasteiger partial charge in [0.05, 0.1) is 5.02 Å². The molecule has 0 saturated carbocycles. The van der Waals surface area contributed by atoms with E-state index in [0.717, 1.165) is 23.6 Å². The molecular formula is C7H9ClS2. The van der Waals surface area contributed by atoms with E-state index in [-0.39, 0.29) is 0 Å². The average Bonchev–Trinajstić information content (AvgIpc) is 2.31. The molecule has 0 bridgehead atoms. The van der Waals surface area contributed by atoms with Crippen molar-refractivity contribution >= 4 is 35.6 Å². The quantitative estimate of drug-likeness (QED) is 0.699. The van der Waals surface area contributed by atoms with Gasteiger partial charge in [-0.15, -0.1) is 11.3 Å². The van der Waals surface area contributed by atoms with Crippen molar-refractivity contribution < 1.29 is 0 Å². The van der Waals surface area contributed by atoms with Gasteiger partial charge in [0.1, 0.15) is 0 Å². The predicted molar refractivity (Wildman–Crippen MR) is 51.5 cm³/mol. The van der Waals surface area contributed by atoms with Crippen LogP contribution in [-0.2, 0) is 6.42 Å². The Hall–Kier alpha value is 0.340. The predicted octanol–water partition coefficient (Wildman–Crippen LogP) is 3.26. The molecule has 0 amide bonds. The van der Waals surface area contributed by atoms with E-state index in [4.69, 9.17) is 11.6 Å². The number of aryl methyl sites for hydroxylation is 1. The van der Waals surface area contributed by atoms with E-state index in [1.807, 2.05) is 11.4 Å². The van der Waals surface area contributed by atoms with E-state index < -0.39 is 0 Å². The molecule has 0 nitrogen and oxygen atoms in total. The summed E-state index contributed by atoms with van der Waals surface area (Å²) in [6.07, 6.45) is 2.25. The first-order valence-corrected chi connectivity index (χ1v) is 5.05. The van der Waals surface area contributed by atoms with Gasteiger partial charge in [-0.3, -0.25) is 0 Å². The summed E-state index contributed by atoms with van der Waals surface area (Å²) in [5.41, 5.74) is 0. The summed E-state index contributed by atoms with van der Waals surface area (Å²) in [5, 5.41) is 2.83. The lowest BCUT2D eigenvalue weighted by atomic mass is 10.3. The molecule has 56 valence electrons. The number of rotatable bonds is 3. The van der Waals surface area contributed by atoms with Crippen LogP contribution in [0.3, 0.4) is 0 Å². The van der Waals surface area contributed by atoms with Gasteiger partial charge in [0.25, 0.3) is 0 Å². The van der Waals surface area contributed by atoms with Crippen LogP contribution in [0, 0.1) is 0 Å². The van der Waals surface area contributed by atoms with Gasteiger partial charge < -0.3 is 0 Å². The van der Waals surface area contributed by atoms with Crippen LogP contribution in [0.25, 0.3) is 0 Å². The Bertz CT molecular complexity index is 195. The third kappa shape index (κ3) is 2.52. The Morgan fingerprint density at radius 2 is 2.40 bits per heavy atom. The molecule has 0 aliphatic rings. The van der Waals surface area contributed by atoms with Crippen molar-refractivity contribution in [2.24, 2.45) is 0 Å². The van der Waals surface area contributed by atoms with Crippen molar-refractivity contribution in [3.63, 3.8) is 0 Å². The first kappa shape index (κ1) is 8.44. The molecule has 1 rings (SSSR count). The van der Waals surface area contributed by atoms with Crippen molar-refractivity contribution in [1.82, 2.24) is 0 Å². The zero-order valence-corrected chi connectivity index (χ0v) is 7.98. The molecule has 0 unspecified atom stereocenters. The van der Waals surface area contributed by atoms with Crippen molar-refractivity contribution in [2.45, 2.75) is 12.8 Å². The number of hydrogen-bond donors (Lipinski definition) is 1. The third-order valence-electron chi connectivity index (χ3n) is 1.20. The smallest absolute Gasteiger partial charge is 0.0515 e.